The van der Waals surface area contributed by atoms with Crippen molar-refractivity contribution in [1.82, 2.24) is 9.38 Å². The Morgan fingerprint density at radius 2 is 1.33 bits per heavy atom. The zero-order valence-electron chi connectivity index (χ0n) is 27.9. The minimum absolute atomic E-state index is 0.104. The highest BCUT2D eigenvalue weighted by Crippen LogP contribution is 2.52. The fraction of sp³-hybridized carbons (Fsp3) is 0.0652. The number of aromatic nitrogens is 2. The van der Waals surface area contributed by atoms with E-state index < -0.39 is 0 Å². The monoisotopic (exact) mass is 687 g/mol. The quantitative estimate of drug-likeness (QED) is 0.184. The van der Waals surface area contributed by atoms with Gasteiger partial charge in [-0.2, -0.15) is 0 Å². The van der Waals surface area contributed by atoms with Crippen LogP contribution in [-0.4, -0.2) is 9.38 Å². The molecule has 11 aromatic rings. The predicted octanol–water partition coefficient (Wildman–Crippen LogP) is 13.6. The van der Waals surface area contributed by atoms with Crippen molar-refractivity contribution in [3.8, 4) is 11.1 Å². The van der Waals surface area contributed by atoms with Gasteiger partial charge >= 0.3 is 0 Å². The minimum Gasteiger partial charge on any atom is -0.309 e. The first-order chi connectivity index (χ1) is 25.1. The lowest BCUT2D eigenvalue weighted by Crippen LogP contribution is -2.16. The van der Waals surface area contributed by atoms with E-state index in [0.29, 0.717) is 0 Å². The summed E-state index contributed by atoms with van der Waals surface area (Å²) in [7, 11) is 0. The molecule has 0 radical (unpaired) electrons. The first-order valence-electron chi connectivity index (χ1n) is 17.5. The molecule has 5 heteroatoms. The third-order valence-corrected chi connectivity index (χ3v) is 13.5. The maximum absolute atomic E-state index is 4.83. The van der Waals surface area contributed by atoms with Gasteiger partial charge in [0, 0.05) is 53.8 Å². The van der Waals surface area contributed by atoms with Crippen molar-refractivity contribution < 1.29 is 0 Å². The number of para-hydroxylation sites is 1. The second-order valence-electron chi connectivity index (χ2n) is 14.4. The zero-order chi connectivity index (χ0) is 33.6. The Morgan fingerprint density at radius 1 is 0.588 bits per heavy atom. The summed E-state index contributed by atoms with van der Waals surface area (Å²) < 4.78 is 6.33. The van der Waals surface area contributed by atoms with Crippen molar-refractivity contribution in [1.29, 1.82) is 0 Å². The predicted molar refractivity (Wildman–Crippen MR) is 219 cm³/mol. The largest absolute Gasteiger partial charge is 0.309 e. The van der Waals surface area contributed by atoms with Crippen molar-refractivity contribution in [2.75, 3.05) is 4.90 Å². The Kier molecular flexibility index (Phi) is 5.34. The van der Waals surface area contributed by atoms with Crippen molar-refractivity contribution in [3.05, 3.63) is 150 Å². The fourth-order valence-corrected chi connectivity index (χ4v) is 11.2. The molecule has 0 unspecified atom stereocenters. The highest BCUT2D eigenvalue weighted by atomic mass is 32.1. The van der Waals surface area contributed by atoms with Crippen molar-refractivity contribution >= 4 is 108 Å². The van der Waals surface area contributed by atoms with Gasteiger partial charge < -0.3 is 9.30 Å². The maximum Gasteiger partial charge on any atom is 0.0826 e. The van der Waals surface area contributed by atoms with Gasteiger partial charge in [-0.3, -0.25) is 0 Å². The summed E-state index contributed by atoms with van der Waals surface area (Å²) in [6.45, 7) is 4.74. The number of thiazole rings is 1. The molecule has 51 heavy (non-hydrogen) atoms. The van der Waals surface area contributed by atoms with E-state index in [1.807, 2.05) is 16.8 Å². The summed E-state index contributed by atoms with van der Waals surface area (Å²) in [4.78, 5) is 7.34. The third kappa shape index (κ3) is 3.55. The molecule has 0 saturated carbocycles. The Morgan fingerprint density at radius 3 is 2.27 bits per heavy atom. The van der Waals surface area contributed by atoms with Crippen LogP contribution in [0.5, 0.6) is 0 Å². The van der Waals surface area contributed by atoms with Crippen LogP contribution in [0, 0.1) is 0 Å². The molecule has 0 spiro atoms. The van der Waals surface area contributed by atoms with Crippen LogP contribution in [0.15, 0.2) is 139 Å². The first-order valence-corrected chi connectivity index (χ1v) is 19.1. The van der Waals surface area contributed by atoms with Crippen LogP contribution >= 0.6 is 22.7 Å². The number of rotatable bonds is 3. The van der Waals surface area contributed by atoms with E-state index in [1.165, 1.54) is 96.6 Å². The molecule has 0 saturated heterocycles. The summed E-state index contributed by atoms with van der Waals surface area (Å²) in [6, 6.07) is 49.8. The molecule has 0 aliphatic heterocycles. The lowest BCUT2D eigenvalue weighted by Gasteiger charge is -2.28. The van der Waals surface area contributed by atoms with E-state index >= 15 is 0 Å². The molecule has 0 atom stereocenters. The van der Waals surface area contributed by atoms with E-state index in [-0.39, 0.29) is 5.41 Å². The topological polar surface area (TPSA) is 20.5 Å². The number of anilines is 3. The Bertz CT molecular complexity index is 3250. The van der Waals surface area contributed by atoms with E-state index in [4.69, 9.17) is 4.98 Å². The highest BCUT2D eigenvalue weighted by Gasteiger charge is 2.36. The molecule has 4 heterocycles. The molecule has 0 bridgehead atoms. The summed E-state index contributed by atoms with van der Waals surface area (Å²) in [6.07, 6.45) is 0. The van der Waals surface area contributed by atoms with Gasteiger partial charge in [0.2, 0.25) is 0 Å². The minimum atomic E-state index is -0.104. The highest BCUT2D eigenvalue weighted by molar-refractivity contribution is 7.26. The number of benzene rings is 7. The molecule has 3 nitrogen and oxygen atoms in total. The van der Waals surface area contributed by atoms with Crippen LogP contribution in [0.4, 0.5) is 17.1 Å². The van der Waals surface area contributed by atoms with Gasteiger partial charge in [0.25, 0.3) is 0 Å². The molecule has 240 valence electrons. The van der Waals surface area contributed by atoms with Crippen LogP contribution in [0.3, 0.4) is 0 Å². The molecule has 1 aliphatic carbocycles. The van der Waals surface area contributed by atoms with E-state index in [0.717, 1.165) is 11.2 Å². The van der Waals surface area contributed by atoms with Crippen molar-refractivity contribution in [2.24, 2.45) is 0 Å². The van der Waals surface area contributed by atoms with Crippen LogP contribution in [0.2, 0.25) is 0 Å². The third-order valence-electron chi connectivity index (χ3n) is 11.5. The smallest absolute Gasteiger partial charge is 0.0826 e. The van der Waals surface area contributed by atoms with Gasteiger partial charge in [0.05, 0.1) is 42.7 Å². The fourth-order valence-electron chi connectivity index (χ4n) is 9.17. The molecule has 4 aromatic heterocycles. The Hall–Kier alpha value is -5.75. The zero-order valence-corrected chi connectivity index (χ0v) is 29.6. The lowest BCUT2D eigenvalue weighted by atomic mass is 9.82. The van der Waals surface area contributed by atoms with E-state index in [2.05, 4.69) is 157 Å². The molecule has 0 N–H and O–H groups in total. The number of nitrogens with zero attached hydrogens (tertiary/aromatic N) is 3. The molecule has 7 aromatic carbocycles. The van der Waals surface area contributed by atoms with Crippen LogP contribution in [-0.2, 0) is 5.41 Å². The molecule has 12 rings (SSSR count). The van der Waals surface area contributed by atoms with E-state index in [9.17, 15) is 0 Å². The number of hydrogen-bond donors (Lipinski definition) is 0. The van der Waals surface area contributed by atoms with Crippen LogP contribution in [0.25, 0.3) is 79.6 Å². The summed E-state index contributed by atoms with van der Waals surface area (Å²) in [5.41, 5.74) is 15.7. The molecule has 0 amide bonds. The van der Waals surface area contributed by atoms with Gasteiger partial charge in [0.15, 0.2) is 0 Å². The van der Waals surface area contributed by atoms with Gasteiger partial charge in [-0.25, -0.2) is 4.98 Å². The second kappa shape index (κ2) is 9.73. The van der Waals surface area contributed by atoms with Gasteiger partial charge in [-0.05, 0) is 76.9 Å². The standard InChI is InChI=1S/C46H29N3S2/c1-46(2)35-14-6-3-10-28(35)29-20-18-27(23-36(29)46)48(40-16-9-13-32-31-12-5-8-17-41(31)51-44(32)40)26-19-21-39-34(22-26)42-43-33(24-37-45(42)50-25-47-37)30-11-4-7-15-38(30)49(39)43/h3-25H,1-2H3. The molecule has 1 aliphatic rings. The Labute approximate surface area is 301 Å². The summed E-state index contributed by atoms with van der Waals surface area (Å²) >= 11 is 3.63. The molecular formula is C46H29N3S2. The van der Waals surface area contributed by atoms with Gasteiger partial charge in [-0.1, -0.05) is 92.7 Å². The van der Waals surface area contributed by atoms with Gasteiger partial charge in [-0.15, -0.1) is 22.7 Å². The van der Waals surface area contributed by atoms with Crippen LogP contribution < -0.4 is 4.90 Å². The molecular weight excluding hydrogens is 659 g/mol. The normalized spacial score (nSPS) is 13.8. The first kappa shape index (κ1) is 28.0. The lowest BCUT2D eigenvalue weighted by molar-refractivity contribution is 0.660. The number of fused-ring (bicyclic) bond motifs is 14. The average molecular weight is 688 g/mol. The van der Waals surface area contributed by atoms with Crippen LogP contribution in [0.1, 0.15) is 25.0 Å². The van der Waals surface area contributed by atoms with Crippen molar-refractivity contribution in [2.45, 2.75) is 19.3 Å². The Balaban J connectivity index is 1.18. The van der Waals surface area contributed by atoms with Gasteiger partial charge in [0.1, 0.15) is 0 Å². The molecule has 0 fully saturated rings. The maximum atomic E-state index is 4.83. The van der Waals surface area contributed by atoms with E-state index in [1.54, 1.807) is 11.3 Å². The number of thiophene rings is 1. The summed E-state index contributed by atoms with van der Waals surface area (Å²) in [5, 5.41) is 7.71. The number of hydrogen-bond acceptors (Lipinski definition) is 4. The second-order valence-corrected chi connectivity index (χ2v) is 16.3. The SMILES string of the molecule is CC1(C)c2ccccc2-c2ccc(N(c3ccc4c(c3)c3c5scnc5cc5c6ccccc6n4c53)c3cccc4c3sc3ccccc34)cc21. The average Bonchev–Trinajstić information content (AvgIpc) is 3.97. The van der Waals surface area contributed by atoms with Crippen molar-refractivity contribution in [3.63, 3.8) is 0 Å². The summed E-state index contributed by atoms with van der Waals surface area (Å²) in [5.74, 6) is 0.